The number of nitrogens with two attached hydrogens (primary N) is 1. The molecule has 2 saturated heterocycles. The predicted octanol–water partition coefficient (Wildman–Crippen LogP) is 2.75. The van der Waals surface area contributed by atoms with Gasteiger partial charge in [0.15, 0.2) is 17.1 Å². The van der Waals surface area contributed by atoms with Gasteiger partial charge in [0.2, 0.25) is 0 Å². The van der Waals surface area contributed by atoms with E-state index in [1.54, 1.807) is 0 Å². The lowest BCUT2D eigenvalue weighted by molar-refractivity contribution is -0.510. The maximum atomic E-state index is 16.1. The molecule has 1 saturated carbocycles. The van der Waals surface area contributed by atoms with Crippen LogP contribution in [-0.4, -0.2) is 57.6 Å². The number of piperidine rings is 1. The van der Waals surface area contributed by atoms with E-state index in [4.69, 9.17) is 5.73 Å². The Hall–Kier alpha value is -2.92. The Morgan fingerprint density at radius 1 is 1.09 bits per heavy atom. The van der Waals surface area contributed by atoms with Gasteiger partial charge >= 0.3 is 5.91 Å². The minimum absolute atomic E-state index is 0.259. The van der Waals surface area contributed by atoms with Crippen molar-refractivity contribution in [2.45, 2.75) is 50.5 Å². The van der Waals surface area contributed by atoms with E-state index in [1.165, 1.54) is 0 Å². The number of rotatable bonds is 5. The van der Waals surface area contributed by atoms with Crippen molar-refractivity contribution in [1.29, 1.82) is 0 Å². The molecular formula is C23H27F2N5O4. The van der Waals surface area contributed by atoms with Crippen LogP contribution in [-0.2, 0) is 0 Å². The number of carbonyl (C=O) groups excluding carboxylic acids is 1. The lowest BCUT2D eigenvalue weighted by Crippen LogP contribution is -2.46. The Morgan fingerprint density at radius 2 is 1.76 bits per heavy atom. The fraction of sp³-hybridized carbons (Fsp3) is 0.565. The summed E-state index contributed by atoms with van der Waals surface area (Å²) in [7, 11) is 0. The highest BCUT2D eigenvalue weighted by atomic mass is 19.1. The van der Waals surface area contributed by atoms with Crippen LogP contribution in [0.15, 0.2) is 17.1 Å². The normalized spacial score (nSPS) is 22.8. The van der Waals surface area contributed by atoms with Crippen LogP contribution in [0.25, 0.3) is 10.9 Å². The molecule has 11 heteroatoms. The molecule has 2 atom stereocenters. The summed E-state index contributed by atoms with van der Waals surface area (Å²) in [6.45, 7) is 2.98. The number of halogens is 2. The molecule has 9 nitrogen and oxygen atoms in total. The number of fused-ring (bicyclic) bond motifs is 1. The number of nitro groups is 1. The number of carbonyl (C=O) groups is 1. The summed E-state index contributed by atoms with van der Waals surface area (Å²) >= 11 is 0. The van der Waals surface area contributed by atoms with E-state index in [-0.39, 0.29) is 5.56 Å². The van der Waals surface area contributed by atoms with E-state index in [0.29, 0.717) is 25.8 Å². The van der Waals surface area contributed by atoms with Gasteiger partial charge in [0.1, 0.15) is 0 Å². The molecule has 182 valence electrons. The highest BCUT2D eigenvalue weighted by molar-refractivity contribution is 5.99. The first-order valence-corrected chi connectivity index (χ1v) is 11.8. The monoisotopic (exact) mass is 475 g/mol. The Labute approximate surface area is 194 Å². The smallest absolute Gasteiger partial charge is 0.306 e. The van der Waals surface area contributed by atoms with Crippen molar-refractivity contribution < 1.29 is 18.5 Å². The Bertz CT molecular complexity index is 1220. The van der Waals surface area contributed by atoms with Gasteiger partial charge < -0.3 is 5.73 Å². The van der Waals surface area contributed by atoms with E-state index in [0.717, 1.165) is 55.7 Å². The maximum Gasteiger partial charge on any atom is 0.306 e. The SMILES string of the molecule is Nc1c(F)c(C2CCCN(N3CCCC3)C2)c(F)c2c1c(=O)ccn2C(=O)C(C1CC1)[N+](=O)[O-]. The van der Waals surface area contributed by atoms with Crippen molar-refractivity contribution >= 4 is 22.5 Å². The van der Waals surface area contributed by atoms with Gasteiger partial charge in [-0.1, -0.05) is 0 Å². The largest absolute Gasteiger partial charge is 0.396 e. The molecule has 0 amide bonds. The fourth-order valence-electron chi connectivity index (χ4n) is 5.49. The molecular weight excluding hydrogens is 448 g/mol. The predicted molar refractivity (Wildman–Crippen MR) is 121 cm³/mol. The van der Waals surface area contributed by atoms with Gasteiger partial charge in [-0.2, -0.15) is 0 Å². The van der Waals surface area contributed by atoms with Crippen molar-refractivity contribution in [3.05, 3.63) is 49.8 Å². The third-order valence-corrected chi connectivity index (χ3v) is 7.36. The van der Waals surface area contributed by atoms with Crippen LogP contribution < -0.4 is 11.2 Å². The van der Waals surface area contributed by atoms with Gasteiger partial charge in [-0.15, -0.1) is 0 Å². The first-order chi connectivity index (χ1) is 16.3. The van der Waals surface area contributed by atoms with Crippen LogP contribution in [0.1, 0.15) is 54.8 Å². The van der Waals surface area contributed by atoms with E-state index >= 15 is 8.78 Å². The third-order valence-electron chi connectivity index (χ3n) is 7.36. The number of hydrogen-bond acceptors (Lipinski definition) is 7. The maximum absolute atomic E-state index is 16.1. The Balaban J connectivity index is 1.64. The zero-order valence-electron chi connectivity index (χ0n) is 18.7. The second-order valence-electron chi connectivity index (χ2n) is 9.55. The summed E-state index contributed by atoms with van der Waals surface area (Å²) in [5.74, 6) is -3.96. The summed E-state index contributed by atoms with van der Waals surface area (Å²) in [5, 5.41) is 15.5. The van der Waals surface area contributed by atoms with Gasteiger partial charge in [-0.25, -0.2) is 18.8 Å². The summed E-state index contributed by atoms with van der Waals surface area (Å²) in [4.78, 5) is 36.6. The topological polar surface area (TPSA) is 115 Å². The molecule has 0 spiro atoms. The molecule has 0 bridgehead atoms. The van der Waals surface area contributed by atoms with Crippen LogP contribution in [0, 0.1) is 27.7 Å². The zero-order chi connectivity index (χ0) is 24.1. The number of aromatic nitrogens is 1. The number of hydrogen-bond donors (Lipinski definition) is 1. The van der Waals surface area contributed by atoms with Crippen molar-refractivity contribution in [3.8, 4) is 0 Å². The molecule has 2 aliphatic heterocycles. The number of nitrogens with zero attached hydrogens (tertiary/aromatic N) is 4. The van der Waals surface area contributed by atoms with Crippen LogP contribution in [0.3, 0.4) is 0 Å². The van der Waals surface area contributed by atoms with Gasteiger partial charge in [-0.05, 0) is 38.5 Å². The molecule has 2 unspecified atom stereocenters. The zero-order valence-corrected chi connectivity index (χ0v) is 18.7. The van der Waals surface area contributed by atoms with Crippen molar-refractivity contribution in [1.82, 2.24) is 14.6 Å². The minimum atomic E-state index is -1.56. The highest BCUT2D eigenvalue weighted by Crippen LogP contribution is 2.39. The third kappa shape index (κ3) is 3.76. The first kappa shape index (κ1) is 22.9. The lowest BCUT2D eigenvalue weighted by atomic mass is 9.88. The molecule has 3 heterocycles. The number of nitrogen functional groups attached to an aromatic ring is 1. The molecule has 0 radical (unpaired) electrons. The summed E-state index contributed by atoms with van der Waals surface area (Å²) in [6, 6.07) is -0.588. The molecule has 2 aromatic rings. The molecule has 1 aliphatic carbocycles. The van der Waals surface area contributed by atoms with Crippen molar-refractivity contribution in [3.63, 3.8) is 0 Å². The van der Waals surface area contributed by atoms with E-state index in [2.05, 4.69) is 10.0 Å². The number of hydrazine groups is 1. The van der Waals surface area contributed by atoms with Crippen LogP contribution >= 0.6 is 0 Å². The summed E-state index contributed by atoms with van der Waals surface area (Å²) in [5.41, 5.74) is 4.00. The van der Waals surface area contributed by atoms with Crippen LogP contribution in [0.5, 0.6) is 0 Å². The first-order valence-electron chi connectivity index (χ1n) is 11.8. The molecule has 2 N–H and O–H groups in total. The molecule has 3 aliphatic rings. The lowest BCUT2D eigenvalue weighted by Gasteiger charge is -2.39. The molecule has 1 aromatic heterocycles. The van der Waals surface area contributed by atoms with Gasteiger partial charge in [0, 0.05) is 60.8 Å². The van der Waals surface area contributed by atoms with E-state index in [1.807, 2.05) is 0 Å². The Morgan fingerprint density at radius 3 is 2.41 bits per heavy atom. The quantitative estimate of drug-likeness (QED) is 0.402. The summed E-state index contributed by atoms with van der Waals surface area (Å²) < 4.78 is 32.3. The van der Waals surface area contributed by atoms with Crippen molar-refractivity contribution in [2.24, 2.45) is 5.92 Å². The van der Waals surface area contributed by atoms with E-state index < -0.39 is 62.4 Å². The molecule has 1 aromatic carbocycles. The van der Waals surface area contributed by atoms with E-state index in [9.17, 15) is 19.7 Å². The second kappa shape index (κ2) is 8.70. The second-order valence-corrected chi connectivity index (χ2v) is 9.55. The van der Waals surface area contributed by atoms with Crippen LogP contribution in [0.4, 0.5) is 14.5 Å². The number of benzene rings is 1. The van der Waals surface area contributed by atoms with Gasteiger partial charge in [0.25, 0.3) is 6.04 Å². The minimum Gasteiger partial charge on any atom is -0.396 e. The highest BCUT2D eigenvalue weighted by Gasteiger charge is 2.46. The molecule has 3 fully saturated rings. The number of pyridine rings is 1. The van der Waals surface area contributed by atoms with Crippen molar-refractivity contribution in [2.75, 3.05) is 31.9 Å². The fourth-order valence-corrected chi connectivity index (χ4v) is 5.49. The molecule has 5 rings (SSSR count). The van der Waals surface area contributed by atoms with Gasteiger partial charge in [-0.3, -0.25) is 24.3 Å². The van der Waals surface area contributed by atoms with Crippen LogP contribution in [0.2, 0.25) is 0 Å². The average molecular weight is 475 g/mol. The van der Waals surface area contributed by atoms with Gasteiger partial charge in [0.05, 0.1) is 16.6 Å². The Kier molecular flexibility index (Phi) is 5.85. The number of anilines is 1. The summed E-state index contributed by atoms with van der Waals surface area (Å²) in [6.07, 6.45) is 5.47. The molecule has 34 heavy (non-hydrogen) atoms. The average Bonchev–Trinajstić information content (AvgIpc) is 3.47. The standard InChI is InChI=1S/C23H27F2N5O4/c24-18-16(14-4-3-10-28(12-14)27-8-1-2-9-27)19(25)22-17(20(18)26)15(31)7-11-29(22)23(32)21(30(33)34)13-5-6-13/h7,11,13-14,21H,1-6,8-10,12,26H2.